The standard InChI is InChI=1S/C15H18ClN3O2S2/c1-10-7-17-8-14(10)19-13-3-2-11(6-12(13)16)23(20,21)9-15-18-4-5-22-15/h2-6,10,14,17,19H,7-9H2,1H3/t10-,14?/m0/s1. The fourth-order valence-corrected chi connectivity index (χ4v) is 5.16. The van der Waals surface area contributed by atoms with Crippen LogP contribution in [0.1, 0.15) is 11.9 Å². The van der Waals surface area contributed by atoms with Crippen molar-refractivity contribution in [2.45, 2.75) is 23.6 Å². The van der Waals surface area contributed by atoms with Crippen molar-refractivity contribution < 1.29 is 8.42 Å². The van der Waals surface area contributed by atoms with Crippen LogP contribution in [-0.2, 0) is 15.6 Å². The van der Waals surface area contributed by atoms with Crippen LogP contribution in [0.4, 0.5) is 5.69 Å². The van der Waals surface area contributed by atoms with E-state index in [4.69, 9.17) is 11.6 Å². The lowest BCUT2D eigenvalue weighted by molar-refractivity contribution is 0.593. The Labute approximate surface area is 145 Å². The number of hydrogen-bond acceptors (Lipinski definition) is 6. The second-order valence-electron chi connectivity index (χ2n) is 5.71. The summed E-state index contributed by atoms with van der Waals surface area (Å²) in [4.78, 5) is 4.25. The van der Waals surface area contributed by atoms with Crippen molar-refractivity contribution in [1.82, 2.24) is 10.3 Å². The normalized spacial score (nSPS) is 21.5. The molecule has 1 aromatic heterocycles. The number of hydrogen-bond donors (Lipinski definition) is 2. The van der Waals surface area contributed by atoms with Crippen LogP contribution < -0.4 is 10.6 Å². The van der Waals surface area contributed by atoms with E-state index in [-0.39, 0.29) is 10.6 Å². The Morgan fingerprint density at radius 2 is 2.26 bits per heavy atom. The van der Waals surface area contributed by atoms with Crippen molar-refractivity contribution in [2.24, 2.45) is 5.92 Å². The molecule has 23 heavy (non-hydrogen) atoms. The van der Waals surface area contributed by atoms with Gasteiger partial charge in [0.2, 0.25) is 0 Å². The van der Waals surface area contributed by atoms with Gasteiger partial charge in [0, 0.05) is 24.2 Å². The van der Waals surface area contributed by atoms with Crippen LogP contribution in [0.5, 0.6) is 0 Å². The second-order valence-corrected chi connectivity index (χ2v) is 9.09. The zero-order valence-electron chi connectivity index (χ0n) is 12.6. The quantitative estimate of drug-likeness (QED) is 0.845. The second kappa shape index (κ2) is 6.76. The Morgan fingerprint density at radius 1 is 1.43 bits per heavy atom. The van der Waals surface area contributed by atoms with Crippen LogP contribution in [0.3, 0.4) is 0 Å². The number of sulfone groups is 1. The number of nitrogens with one attached hydrogen (secondary N) is 2. The number of nitrogens with zero attached hydrogens (tertiary/aromatic N) is 1. The molecule has 2 heterocycles. The molecule has 2 aromatic rings. The van der Waals surface area contributed by atoms with Crippen molar-refractivity contribution in [3.05, 3.63) is 39.8 Å². The molecule has 2 atom stereocenters. The predicted molar refractivity (Wildman–Crippen MR) is 93.9 cm³/mol. The zero-order chi connectivity index (χ0) is 16.4. The summed E-state index contributed by atoms with van der Waals surface area (Å²) in [5, 5.41) is 9.46. The van der Waals surface area contributed by atoms with Crippen LogP contribution in [0, 0.1) is 5.92 Å². The molecule has 0 bridgehead atoms. The van der Waals surface area contributed by atoms with Crippen LogP contribution in [-0.4, -0.2) is 32.5 Å². The van der Waals surface area contributed by atoms with Gasteiger partial charge in [-0.25, -0.2) is 13.4 Å². The van der Waals surface area contributed by atoms with Gasteiger partial charge in [-0.05, 0) is 30.7 Å². The van der Waals surface area contributed by atoms with E-state index in [2.05, 4.69) is 22.5 Å². The van der Waals surface area contributed by atoms with E-state index in [1.165, 1.54) is 17.4 Å². The van der Waals surface area contributed by atoms with E-state index in [1.54, 1.807) is 23.7 Å². The maximum atomic E-state index is 12.4. The summed E-state index contributed by atoms with van der Waals surface area (Å²) in [5.41, 5.74) is 0.764. The molecule has 1 saturated heterocycles. The minimum absolute atomic E-state index is 0.0999. The molecule has 5 nitrogen and oxygen atoms in total. The molecule has 1 fully saturated rings. The summed E-state index contributed by atoms with van der Waals surface area (Å²) in [7, 11) is -3.44. The molecule has 8 heteroatoms. The Hall–Kier alpha value is -1.15. The molecule has 1 unspecified atom stereocenters. The molecule has 0 radical (unpaired) electrons. The fourth-order valence-electron chi connectivity index (χ4n) is 2.58. The highest BCUT2D eigenvalue weighted by Crippen LogP contribution is 2.29. The summed E-state index contributed by atoms with van der Waals surface area (Å²) < 4.78 is 24.9. The highest BCUT2D eigenvalue weighted by atomic mass is 35.5. The average molecular weight is 372 g/mol. The first-order valence-corrected chi connectivity index (χ1v) is 10.2. The molecule has 0 spiro atoms. The van der Waals surface area contributed by atoms with Crippen LogP contribution >= 0.6 is 22.9 Å². The average Bonchev–Trinajstić information content (AvgIpc) is 3.13. The maximum Gasteiger partial charge on any atom is 0.184 e. The molecule has 3 rings (SSSR count). The summed E-state index contributed by atoms with van der Waals surface area (Å²) in [5.74, 6) is 0.400. The number of rotatable bonds is 5. The van der Waals surface area contributed by atoms with Gasteiger partial charge in [-0.1, -0.05) is 18.5 Å². The lowest BCUT2D eigenvalue weighted by Gasteiger charge is -2.19. The van der Waals surface area contributed by atoms with E-state index in [0.717, 1.165) is 18.8 Å². The SMILES string of the molecule is C[C@H]1CNCC1Nc1ccc(S(=O)(=O)Cc2nccs2)cc1Cl. The molecular formula is C15H18ClN3O2S2. The van der Waals surface area contributed by atoms with Gasteiger partial charge in [-0.3, -0.25) is 0 Å². The monoisotopic (exact) mass is 371 g/mol. The smallest absolute Gasteiger partial charge is 0.184 e. The third kappa shape index (κ3) is 3.85. The highest BCUT2D eigenvalue weighted by Gasteiger charge is 2.24. The lowest BCUT2D eigenvalue weighted by Crippen LogP contribution is -2.26. The number of anilines is 1. The number of thiazole rings is 1. The fraction of sp³-hybridized carbons (Fsp3) is 0.400. The van der Waals surface area contributed by atoms with Gasteiger partial charge >= 0.3 is 0 Å². The van der Waals surface area contributed by atoms with Gasteiger partial charge in [0.25, 0.3) is 0 Å². The topological polar surface area (TPSA) is 71.1 Å². The van der Waals surface area contributed by atoms with Crippen molar-refractivity contribution in [2.75, 3.05) is 18.4 Å². The molecule has 2 N–H and O–H groups in total. The molecule has 1 aliphatic rings. The first kappa shape index (κ1) is 16.7. The van der Waals surface area contributed by atoms with Gasteiger partial charge in [-0.2, -0.15) is 0 Å². The Bertz CT molecular complexity index is 778. The minimum Gasteiger partial charge on any atom is -0.380 e. The van der Waals surface area contributed by atoms with Crippen molar-refractivity contribution in [3.8, 4) is 0 Å². The molecular weight excluding hydrogens is 354 g/mol. The molecule has 124 valence electrons. The van der Waals surface area contributed by atoms with Gasteiger partial charge < -0.3 is 10.6 Å². The summed E-state index contributed by atoms with van der Waals surface area (Å²) in [6.45, 7) is 4.01. The molecule has 0 saturated carbocycles. The third-order valence-electron chi connectivity index (χ3n) is 3.95. The van der Waals surface area contributed by atoms with Crippen molar-refractivity contribution in [1.29, 1.82) is 0 Å². The van der Waals surface area contributed by atoms with Gasteiger partial charge in [0.15, 0.2) is 9.84 Å². The first-order chi connectivity index (χ1) is 11.0. The zero-order valence-corrected chi connectivity index (χ0v) is 15.0. The van der Waals surface area contributed by atoms with E-state index >= 15 is 0 Å². The summed E-state index contributed by atoms with van der Waals surface area (Å²) >= 11 is 7.61. The largest absolute Gasteiger partial charge is 0.380 e. The van der Waals surface area contributed by atoms with Gasteiger partial charge in [-0.15, -0.1) is 11.3 Å². The summed E-state index contributed by atoms with van der Waals surface area (Å²) in [6, 6.07) is 5.15. The first-order valence-electron chi connectivity index (χ1n) is 7.33. The van der Waals surface area contributed by atoms with E-state index < -0.39 is 9.84 Å². The van der Waals surface area contributed by atoms with E-state index in [0.29, 0.717) is 22.0 Å². The van der Waals surface area contributed by atoms with Gasteiger partial charge in [0.1, 0.15) is 10.8 Å². The lowest BCUT2D eigenvalue weighted by atomic mass is 10.1. The van der Waals surface area contributed by atoms with Crippen LogP contribution in [0.15, 0.2) is 34.7 Å². The van der Waals surface area contributed by atoms with E-state index in [9.17, 15) is 8.42 Å². The van der Waals surface area contributed by atoms with Crippen molar-refractivity contribution in [3.63, 3.8) is 0 Å². The minimum atomic E-state index is -3.44. The molecule has 0 amide bonds. The number of aromatic nitrogens is 1. The molecule has 0 aliphatic carbocycles. The van der Waals surface area contributed by atoms with Gasteiger partial charge in [0.05, 0.1) is 15.6 Å². The molecule has 1 aromatic carbocycles. The van der Waals surface area contributed by atoms with E-state index in [1.807, 2.05) is 0 Å². The Kier molecular flexibility index (Phi) is 4.91. The predicted octanol–water partition coefficient (Wildman–Crippen LogP) is 2.79. The molecule has 1 aliphatic heterocycles. The van der Waals surface area contributed by atoms with Crippen LogP contribution in [0.25, 0.3) is 0 Å². The Morgan fingerprint density at radius 3 is 2.87 bits per heavy atom. The summed E-state index contributed by atoms with van der Waals surface area (Å²) in [6.07, 6.45) is 1.60. The highest BCUT2D eigenvalue weighted by molar-refractivity contribution is 7.90. The Balaban J connectivity index is 1.78. The van der Waals surface area contributed by atoms with Crippen molar-refractivity contribution >= 4 is 38.5 Å². The number of benzene rings is 1. The third-order valence-corrected chi connectivity index (χ3v) is 6.86. The number of halogens is 1. The van der Waals surface area contributed by atoms with Crippen LogP contribution in [0.2, 0.25) is 5.02 Å². The maximum absolute atomic E-state index is 12.4.